The van der Waals surface area contributed by atoms with Crippen molar-refractivity contribution in [3.05, 3.63) is 29.6 Å². The molecule has 4 nitrogen and oxygen atoms in total. The summed E-state index contributed by atoms with van der Waals surface area (Å²) in [5, 5.41) is 14.9. The largest absolute Gasteiger partial charge is 0.505 e. The van der Waals surface area contributed by atoms with Gasteiger partial charge in [-0.3, -0.25) is 4.79 Å². The number of nitrogens with one attached hydrogen (secondary N) is 2. The van der Waals surface area contributed by atoms with Crippen molar-refractivity contribution in [3.8, 4) is 5.75 Å². The second kappa shape index (κ2) is 6.85. The number of hydrogen-bond donors (Lipinski definition) is 3. The lowest BCUT2D eigenvalue weighted by molar-refractivity contribution is -0.120. The first-order valence-corrected chi connectivity index (χ1v) is 5.59. The molecule has 0 atom stereocenters. The zero-order valence-electron chi connectivity index (χ0n) is 9.79. The van der Waals surface area contributed by atoms with Crippen molar-refractivity contribution >= 4 is 5.91 Å². The molecule has 3 N–H and O–H groups in total. The smallest absolute Gasteiger partial charge is 0.233 e. The summed E-state index contributed by atoms with van der Waals surface area (Å²) < 4.78 is 13.0. The SMILES string of the molecule is CCCNC(=O)CNCc1cccc(F)c1O. The summed E-state index contributed by atoms with van der Waals surface area (Å²) in [6, 6.07) is 4.31. The normalized spacial score (nSPS) is 10.2. The second-order valence-corrected chi connectivity index (χ2v) is 3.70. The molecule has 1 amide bonds. The Morgan fingerprint density at radius 2 is 2.24 bits per heavy atom. The maximum atomic E-state index is 13.0. The molecule has 0 bridgehead atoms. The van der Waals surface area contributed by atoms with Gasteiger partial charge in [-0.2, -0.15) is 0 Å². The lowest BCUT2D eigenvalue weighted by Crippen LogP contribution is -2.33. The lowest BCUT2D eigenvalue weighted by atomic mass is 10.2. The van der Waals surface area contributed by atoms with Crippen molar-refractivity contribution in [2.45, 2.75) is 19.9 Å². The number of phenols is 1. The molecule has 0 aliphatic heterocycles. The van der Waals surface area contributed by atoms with Crippen LogP contribution in [0.2, 0.25) is 0 Å². The molecule has 0 fully saturated rings. The summed E-state index contributed by atoms with van der Waals surface area (Å²) in [5.74, 6) is -1.13. The number of carbonyl (C=O) groups is 1. The monoisotopic (exact) mass is 240 g/mol. The Morgan fingerprint density at radius 1 is 1.47 bits per heavy atom. The van der Waals surface area contributed by atoms with Crippen LogP contribution >= 0.6 is 0 Å². The molecule has 17 heavy (non-hydrogen) atoms. The second-order valence-electron chi connectivity index (χ2n) is 3.70. The van der Waals surface area contributed by atoms with Gasteiger partial charge in [0.25, 0.3) is 0 Å². The fraction of sp³-hybridized carbons (Fsp3) is 0.417. The predicted octanol–water partition coefficient (Wildman–Crippen LogP) is 1.15. The van der Waals surface area contributed by atoms with Crippen LogP contribution in [-0.4, -0.2) is 24.1 Å². The van der Waals surface area contributed by atoms with E-state index in [0.717, 1.165) is 6.42 Å². The Balaban J connectivity index is 2.36. The minimum Gasteiger partial charge on any atom is -0.505 e. The third kappa shape index (κ3) is 4.40. The topological polar surface area (TPSA) is 61.4 Å². The van der Waals surface area contributed by atoms with Crippen molar-refractivity contribution < 1.29 is 14.3 Å². The highest BCUT2D eigenvalue weighted by molar-refractivity contribution is 5.77. The van der Waals surface area contributed by atoms with Gasteiger partial charge in [-0.25, -0.2) is 4.39 Å². The lowest BCUT2D eigenvalue weighted by Gasteiger charge is -2.07. The molecule has 0 aliphatic carbocycles. The highest BCUT2D eigenvalue weighted by Crippen LogP contribution is 2.19. The quantitative estimate of drug-likeness (QED) is 0.699. The molecule has 1 aromatic carbocycles. The number of aromatic hydroxyl groups is 1. The van der Waals surface area contributed by atoms with E-state index < -0.39 is 5.82 Å². The van der Waals surface area contributed by atoms with E-state index in [1.54, 1.807) is 6.07 Å². The van der Waals surface area contributed by atoms with Gasteiger partial charge in [-0.05, 0) is 12.5 Å². The zero-order valence-corrected chi connectivity index (χ0v) is 9.79. The number of benzene rings is 1. The molecule has 1 rings (SSSR count). The van der Waals surface area contributed by atoms with Crippen molar-refractivity contribution in [2.75, 3.05) is 13.1 Å². The van der Waals surface area contributed by atoms with E-state index in [-0.39, 0.29) is 24.7 Å². The molecule has 0 aromatic heterocycles. The molecule has 0 saturated heterocycles. The van der Waals surface area contributed by atoms with Gasteiger partial charge >= 0.3 is 0 Å². The molecule has 5 heteroatoms. The summed E-state index contributed by atoms with van der Waals surface area (Å²) in [4.78, 5) is 11.2. The van der Waals surface area contributed by atoms with Gasteiger partial charge in [-0.1, -0.05) is 19.1 Å². The minimum absolute atomic E-state index is 0.109. The van der Waals surface area contributed by atoms with Gasteiger partial charge in [0.05, 0.1) is 6.54 Å². The molecule has 0 saturated carbocycles. The first-order valence-electron chi connectivity index (χ1n) is 5.59. The highest BCUT2D eigenvalue weighted by Gasteiger charge is 2.06. The summed E-state index contributed by atoms with van der Waals surface area (Å²) in [6.45, 7) is 3.02. The van der Waals surface area contributed by atoms with Crippen LogP contribution in [0.4, 0.5) is 4.39 Å². The Bertz CT molecular complexity index is 383. The number of para-hydroxylation sites is 1. The van der Waals surface area contributed by atoms with Crippen LogP contribution in [0.1, 0.15) is 18.9 Å². The number of hydrogen-bond acceptors (Lipinski definition) is 3. The van der Waals surface area contributed by atoms with E-state index >= 15 is 0 Å². The third-order valence-electron chi connectivity index (χ3n) is 2.24. The third-order valence-corrected chi connectivity index (χ3v) is 2.24. The number of rotatable bonds is 6. The first-order chi connectivity index (χ1) is 8.15. The van der Waals surface area contributed by atoms with Gasteiger partial charge in [0, 0.05) is 18.7 Å². The highest BCUT2D eigenvalue weighted by atomic mass is 19.1. The van der Waals surface area contributed by atoms with Crippen LogP contribution < -0.4 is 10.6 Å². The van der Waals surface area contributed by atoms with Crippen LogP contribution in [0, 0.1) is 5.82 Å². The van der Waals surface area contributed by atoms with E-state index in [1.807, 2.05) is 6.92 Å². The van der Waals surface area contributed by atoms with Gasteiger partial charge in [-0.15, -0.1) is 0 Å². The van der Waals surface area contributed by atoms with Crippen molar-refractivity contribution in [1.29, 1.82) is 0 Å². The molecule has 0 heterocycles. The number of phenolic OH excluding ortho intramolecular Hbond substituents is 1. The van der Waals surface area contributed by atoms with Crippen LogP contribution in [0.5, 0.6) is 5.75 Å². The van der Waals surface area contributed by atoms with Crippen LogP contribution in [0.25, 0.3) is 0 Å². The molecule has 1 aromatic rings. The maximum Gasteiger partial charge on any atom is 0.233 e. The van der Waals surface area contributed by atoms with Gasteiger partial charge in [0.15, 0.2) is 11.6 Å². The van der Waals surface area contributed by atoms with Gasteiger partial charge in [0.2, 0.25) is 5.91 Å². The Morgan fingerprint density at radius 3 is 2.94 bits per heavy atom. The fourth-order valence-corrected chi connectivity index (χ4v) is 1.34. The number of carbonyl (C=O) groups excluding carboxylic acids is 1. The molecule has 0 radical (unpaired) electrons. The average molecular weight is 240 g/mol. The van der Waals surface area contributed by atoms with E-state index in [1.165, 1.54) is 12.1 Å². The molecule has 0 spiro atoms. The Hall–Kier alpha value is -1.62. The summed E-state index contributed by atoms with van der Waals surface area (Å²) in [6.07, 6.45) is 0.885. The predicted molar refractivity (Wildman–Crippen MR) is 63.1 cm³/mol. The maximum absolute atomic E-state index is 13.0. The molecule has 0 aliphatic rings. The van der Waals surface area contributed by atoms with Gasteiger partial charge in [0.1, 0.15) is 0 Å². The Kier molecular flexibility index (Phi) is 5.42. The first kappa shape index (κ1) is 13.4. The van der Waals surface area contributed by atoms with Crippen molar-refractivity contribution in [2.24, 2.45) is 0 Å². The fourth-order valence-electron chi connectivity index (χ4n) is 1.34. The van der Waals surface area contributed by atoms with Gasteiger partial charge < -0.3 is 15.7 Å². The molecular formula is C12H17FN2O2. The summed E-state index contributed by atoms with van der Waals surface area (Å²) >= 11 is 0. The zero-order chi connectivity index (χ0) is 12.7. The summed E-state index contributed by atoms with van der Waals surface area (Å²) in [7, 11) is 0. The van der Waals surface area contributed by atoms with E-state index in [0.29, 0.717) is 12.1 Å². The van der Waals surface area contributed by atoms with Crippen molar-refractivity contribution in [3.63, 3.8) is 0 Å². The molecule has 0 unspecified atom stereocenters. The van der Waals surface area contributed by atoms with Crippen LogP contribution in [0.15, 0.2) is 18.2 Å². The van der Waals surface area contributed by atoms with E-state index in [4.69, 9.17) is 0 Å². The summed E-state index contributed by atoms with van der Waals surface area (Å²) in [5.41, 5.74) is 0.438. The average Bonchev–Trinajstić information content (AvgIpc) is 2.32. The van der Waals surface area contributed by atoms with Crippen LogP contribution in [-0.2, 0) is 11.3 Å². The van der Waals surface area contributed by atoms with E-state index in [9.17, 15) is 14.3 Å². The number of halogens is 1. The van der Waals surface area contributed by atoms with Crippen molar-refractivity contribution in [1.82, 2.24) is 10.6 Å². The van der Waals surface area contributed by atoms with E-state index in [2.05, 4.69) is 10.6 Å². The Labute approximate surface area is 99.8 Å². The van der Waals surface area contributed by atoms with Crippen LogP contribution in [0.3, 0.4) is 0 Å². The molecule has 94 valence electrons. The number of amides is 1. The molecular weight excluding hydrogens is 223 g/mol. The standard InChI is InChI=1S/C12H17FN2O2/c1-2-6-15-11(16)8-14-7-9-4-3-5-10(13)12(9)17/h3-5,14,17H,2,6-8H2,1H3,(H,15,16). The minimum atomic E-state index is -0.653.